The number of benzene rings is 3. The van der Waals surface area contributed by atoms with E-state index in [1.165, 1.54) is 27.2 Å². The molecule has 0 radical (unpaired) electrons. The Balaban J connectivity index is 0.845. The molecular formula is C40H51NO12. The van der Waals surface area contributed by atoms with Gasteiger partial charge in [0.25, 0.3) is 5.78 Å². The van der Waals surface area contributed by atoms with Crippen LogP contribution < -0.4 is 0 Å². The van der Waals surface area contributed by atoms with Crippen LogP contribution in [0.5, 0.6) is 0 Å². The summed E-state index contributed by atoms with van der Waals surface area (Å²) in [5, 5.41) is 0. The molecule has 0 bridgehead atoms. The Hall–Kier alpha value is -4.21. The SMILES string of the molecule is CN(CCOCCOCCOCCOCCOCCOCCOCCOC(=O)C(=O)c1ccccc1)C(=O)OCC1c2ccccc2-c2ccccc21. The fourth-order valence-corrected chi connectivity index (χ4v) is 5.38. The van der Waals surface area contributed by atoms with Crippen LogP contribution in [0.15, 0.2) is 78.9 Å². The lowest BCUT2D eigenvalue weighted by molar-refractivity contribution is -0.139. The van der Waals surface area contributed by atoms with E-state index >= 15 is 0 Å². The lowest BCUT2D eigenvalue weighted by Gasteiger charge is -2.19. The Bertz CT molecular complexity index is 1460. The van der Waals surface area contributed by atoms with E-state index < -0.39 is 11.8 Å². The zero-order chi connectivity index (χ0) is 37.4. The topological polar surface area (TPSA) is 138 Å². The van der Waals surface area contributed by atoms with Gasteiger partial charge in [0.2, 0.25) is 0 Å². The number of likely N-dealkylation sites (N-methyl/N-ethyl adjacent to an activating group) is 1. The van der Waals surface area contributed by atoms with Crippen molar-refractivity contribution in [1.29, 1.82) is 0 Å². The van der Waals surface area contributed by atoms with Crippen LogP contribution in [0.25, 0.3) is 11.1 Å². The number of fused-ring (bicyclic) bond motifs is 3. The van der Waals surface area contributed by atoms with Crippen LogP contribution in [0.4, 0.5) is 4.79 Å². The van der Waals surface area contributed by atoms with E-state index in [1.54, 1.807) is 37.4 Å². The van der Waals surface area contributed by atoms with Gasteiger partial charge in [-0.1, -0.05) is 78.9 Å². The van der Waals surface area contributed by atoms with Crippen LogP contribution >= 0.6 is 0 Å². The average Bonchev–Trinajstić information content (AvgIpc) is 3.51. The molecule has 1 amide bonds. The first-order valence-corrected chi connectivity index (χ1v) is 17.9. The Morgan fingerprint density at radius 2 is 0.887 bits per heavy atom. The molecule has 0 saturated carbocycles. The van der Waals surface area contributed by atoms with Crippen molar-refractivity contribution < 1.29 is 57.0 Å². The van der Waals surface area contributed by atoms with E-state index in [-0.39, 0.29) is 31.8 Å². The molecule has 0 spiro atoms. The predicted octanol–water partition coefficient (Wildman–Crippen LogP) is 4.41. The normalized spacial score (nSPS) is 11.9. The molecule has 13 nitrogen and oxygen atoms in total. The molecule has 3 aromatic rings. The van der Waals surface area contributed by atoms with Gasteiger partial charge in [0.15, 0.2) is 0 Å². The molecule has 3 aromatic carbocycles. The van der Waals surface area contributed by atoms with Gasteiger partial charge < -0.3 is 47.5 Å². The Kier molecular flexibility index (Phi) is 19.5. The van der Waals surface area contributed by atoms with Crippen molar-refractivity contribution in [2.75, 3.05) is 119 Å². The van der Waals surface area contributed by atoms with Gasteiger partial charge in [0, 0.05) is 25.1 Å². The van der Waals surface area contributed by atoms with E-state index in [1.807, 2.05) is 24.3 Å². The van der Waals surface area contributed by atoms with E-state index in [9.17, 15) is 14.4 Å². The first-order chi connectivity index (χ1) is 26.1. The molecule has 0 unspecified atom stereocenters. The summed E-state index contributed by atoms with van der Waals surface area (Å²) in [4.78, 5) is 37.8. The fourth-order valence-electron chi connectivity index (χ4n) is 5.38. The monoisotopic (exact) mass is 737 g/mol. The highest BCUT2D eigenvalue weighted by atomic mass is 16.6. The molecule has 0 aliphatic heterocycles. The Labute approximate surface area is 311 Å². The zero-order valence-corrected chi connectivity index (χ0v) is 30.4. The third kappa shape index (κ3) is 15.0. The molecule has 1 aliphatic rings. The van der Waals surface area contributed by atoms with E-state index in [4.69, 9.17) is 42.6 Å². The molecule has 53 heavy (non-hydrogen) atoms. The zero-order valence-electron chi connectivity index (χ0n) is 30.4. The largest absolute Gasteiger partial charge is 0.457 e. The standard InChI is InChI=1S/C40H51NO12/c1-41(40(44)53-31-37-35-13-7-5-11-33(35)34-12-6-8-14-36(34)37)15-16-45-17-18-46-19-20-47-21-22-48-23-24-49-25-26-50-27-28-51-29-30-52-39(43)38(42)32-9-3-2-4-10-32/h2-14,37H,15-31H2,1H3. The van der Waals surface area contributed by atoms with Crippen molar-refractivity contribution in [3.63, 3.8) is 0 Å². The van der Waals surface area contributed by atoms with Crippen LogP contribution in [0.2, 0.25) is 0 Å². The van der Waals surface area contributed by atoms with Crippen molar-refractivity contribution in [3.05, 3.63) is 95.6 Å². The van der Waals surface area contributed by atoms with Crippen molar-refractivity contribution in [2.45, 2.75) is 5.92 Å². The number of esters is 1. The summed E-state index contributed by atoms with van der Waals surface area (Å²) in [5.41, 5.74) is 5.06. The number of hydrogen-bond donors (Lipinski definition) is 0. The van der Waals surface area contributed by atoms with E-state index in [2.05, 4.69) is 24.3 Å². The maximum absolute atomic E-state index is 12.6. The van der Waals surface area contributed by atoms with E-state index in [0.29, 0.717) is 98.0 Å². The highest BCUT2D eigenvalue weighted by Crippen LogP contribution is 2.44. The number of Topliss-reactive ketones (excluding diaryl/α,β-unsaturated/α-hetero) is 1. The number of amides is 1. The smallest absolute Gasteiger partial charge is 0.409 e. The number of ether oxygens (including phenoxy) is 9. The second-order valence-corrected chi connectivity index (χ2v) is 11.8. The molecule has 0 N–H and O–H groups in total. The van der Waals surface area contributed by atoms with Gasteiger partial charge in [-0.3, -0.25) is 4.79 Å². The molecule has 0 fully saturated rings. The second kappa shape index (κ2) is 24.9. The van der Waals surface area contributed by atoms with Crippen LogP contribution in [-0.4, -0.2) is 142 Å². The predicted molar refractivity (Wildman–Crippen MR) is 195 cm³/mol. The third-order valence-electron chi connectivity index (χ3n) is 8.13. The molecule has 0 saturated heterocycles. The molecule has 0 aromatic heterocycles. The second-order valence-electron chi connectivity index (χ2n) is 11.8. The lowest BCUT2D eigenvalue weighted by Crippen LogP contribution is -2.32. The summed E-state index contributed by atoms with van der Waals surface area (Å²) in [6.07, 6.45) is -0.374. The summed E-state index contributed by atoms with van der Waals surface area (Å²) in [6, 6.07) is 24.8. The van der Waals surface area contributed by atoms with Crippen molar-refractivity contribution >= 4 is 17.8 Å². The molecule has 1 aliphatic carbocycles. The maximum Gasteiger partial charge on any atom is 0.409 e. The minimum Gasteiger partial charge on any atom is -0.457 e. The number of hydrogen-bond acceptors (Lipinski definition) is 12. The van der Waals surface area contributed by atoms with Crippen molar-refractivity contribution in [3.8, 4) is 11.1 Å². The van der Waals surface area contributed by atoms with Gasteiger partial charge in [-0.05, 0) is 22.3 Å². The number of nitrogens with zero attached hydrogens (tertiary/aromatic N) is 1. The summed E-state index contributed by atoms with van der Waals surface area (Å²) in [6.45, 7) is 6.32. The Morgan fingerprint density at radius 3 is 1.36 bits per heavy atom. The van der Waals surface area contributed by atoms with Gasteiger partial charge >= 0.3 is 12.1 Å². The lowest BCUT2D eigenvalue weighted by atomic mass is 9.98. The summed E-state index contributed by atoms with van der Waals surface area (Å²) in [5.74, 6) is -1.55. The van der Waals surface area contributed by atoms with Crippen molar-refractivity contribution in [2.24, 2.45) is 0 Å². The van der Waals surface area contributed by atoms with Crippen LogP contribution in [0, 0.1) is 0 Å². The van der Waals surface area contributed by atoms with Crippen LogP contribution in [0.3, 0.4) is 0 Å². The summed E-state index contributed by atoms with van der Waals surface area (Å²) < 4.78 is 48.9. The first-order valence-electron chi connectivity index (χ1n) is 17.9. The highest BCUT2D eigenvalue weighted by Gasteiger charge is 2.29. The third-order valence-corrected chi connectivity index (χ3v) is 8.13. The Morgan fingerprint density at radius 1 is 0.491 bits per heavy atom. The molecule has 4 rings (SSSR count). The van der Waals surface area contributed by atoms with Gasteiger partial charge in [0.05, 0.1) is 92.5 Å². The minimum absolute atomic E-state index is 0.00906. The van der Waals surface area contributed by atoms with Gasteiger partial charge in [-0.2, -0.15) is 0 Å². The fraction of sp³-hybridized carbons (Fsp3) is 0.475. The molecule has 288 valence electrons. The first kappa shape index (κ1) is 41.5. The number of carbonyl (C=O) groups is 3. The number of ketones is 1. The number of rotatable bonds is 28. The quantitative estimate of drug-likeness (QED) is 0.0452. The molecule has 0 atom stereocenters. The molecular weight excluding hydrogens is 686 g/mol. The van der Waals surface area contributed by atoms with E-state index in [0.717, 1.165) is 0 Å². The highest BCUT2D eigenvalue weighted by molar-refractivity contribution is 6.40. The number of carbonyl (C=O) groups excluding carboxylic acids is 3. The average molecular weight is 738 g/mol. The van der Waals surface area contributed by atoms with Crippen LogP contribution in [0.1, 0.15) is 27.4 Å². The maximum atomic E-state index is 12.6. The van der Waals surface area contributed by atoms with Gasteiger partial charge in [-0.25, -0.2) is 9.59 Å². The minimum atomic E-state index is -0.902. The molecule has 0 heterocycles. The van der Waals surface area contributed by atoms with Gasteiger partial charge in [0.1, 0.15) is 13.2 Å². The van der Waals surface area contributed by atoms with Crippen molar-refractivity contribution in [1.82, 2.24) is 4.90 Å². The summed E-state index contributed by atoms with van der Waals surface area (Å²) in [7, 11) is 1.70. The molecule has 13 heteroatoms. The van der Waals surface area contributed by atoms with Crippen LogP contribution in [-0.2, 0) is 47.4 Å². The van der Waals surface area contributed by atoms with Gasteiger partial charge in [-0.15, -0.1) is 0 Å². The summed E-state index contributed by atoms with van der Waals surface area (Å²) >= 11 is 0.